The van der Waals surface area contributed by atoms with Gasteiger partial charge in [-0.3, -0.25) is 9.59 Å². The van der Waals surface area contributed by atoms with Crippen molar-refractivity contribution in [3.63, 3.8) is 0 Å². The summed E-state index contributed by atoms with van der Waals surface area (Å²) in [5, 5.41) is 5.22. The number of anilines is 1. The highest BCUT2D eigenvalue weighted by Crippen LogP contribution is 2.10. The third kappa shape index (κ3) is 3.58. The highest BCUT2D eigenvalue weighted by Gasteiger charge is 2.03. The summed E-state index contributed by atoms with van der Waals surface area (Å²) >= 11 is 0. The Labute approximate surface area is 116 Å². The largest absolute Gasteiger partial charge is 0.465 e. The molecule has 2 rings (SSSR count). The van der Waals surface area contributed by atoms with E-state index in [1.807, 2.05) is 0 Å². The van der Waals surface area contributed by atoms with Gasteiger partial charge in [-0.2, -0.15) is 0 Å². The molecule has 0 saturated carbocycles. The Morgan fingerprint density at radius 1 is 1.15 bits per heavy atom. The minimum Gasteiger partial charge on any atom is -0.465 e. The van der Waals surface area contributed by atoms with E-state index in [0.29, 0.717) is 17.0 Å². The number of amides is 2. The SMILES string of the molecule is CNC(=O)c1ccc(NC(=O)/C=C/c2ccco2)cc1. The van der Waals surface area contributed by atoms with Crippen molar-refractivity contribution in [1.82, 2.24) is 5.32 Å². The molecule has 5 heteroatoms. The van der Waals surface area contributed by atoms with E-state index in [-0.39, 0.29) is 11.8 Å². The zero-order valence-electron chi connectivity index (χ0n) is 10.9. The lowest BCUT2D eigenvalue weighted by Gasteiger charge is -2.03. The topological polar surface area (TPSA) is 71.3 Å². The second-order valence-electron chi connectivity index (χ2n) is 3.99. The van der Waals surface area contributed by atoms with Crippen LogP contribution in [0.3, 0.4) is 0 Å². The van der Waals surface area contributed by atoms with Crippen molar-refractivity contribution >= 4 is 23.6 Å². The molecule has 0 unspecified atom stereocenters. The normalized spacial score (nSPS) is 10.4. The van der Waals surface area contributed by atoms with Crippen molar-refractivity contribution in [2.45, 2.75) is 0 Å². The van der Waals surface area contributed by atoms with Gasteiger partial charge in [0.1, 0.15) is 5.76 Å². The molecule has 0 radical (unpaired) electrons. The molecule has 1 aromatic carbocycles. The van der Waals surface area contributed by atoms with Gasteiger partial charge >= 0.3 is 0 Å². The van der Waals surface area contributed by atoms with E-state index in [1.54, 1.807) is 49.5 Å². The van der Waals surface area contributed by atoms with Crippen molar-refractivity contribution in [3.05, 3.63) is 60.1 Å². The quantitative estimate of drug-likeness (QED) is 0.837. The zero-order valence-corrected chi connectivity index (χ0v) is 10.9. The van der Waals surface area contributed by atoms with Gasteiger partial charge in [-0.05, 0) is 42.5 Å². The predicted molar refractivity (Wildman–Crippen MR) is 76.2 cm³/mol. The van der Waals surface area contributed by atoms with Crippen LogP contribution < -0.4 is 10.6 Å². The van der Waals surface area contributed by atoms with E-state index < -0.39 is 0 Å². The van der Waals surface area contributed by atoms with Crippen LogP contribution >= 0.6 is 0 Å². The molecular formula is C15H14N2O3. The molecule has 0 saturated heterocycles. The number of rotatable bonds is 4. The molecule has 102 valence electrons. The Kier molecular flexibility index (Phi) is 4.34. The summed E-state index contributed by atoms with van der Waals surface area (Å²) in [5.41, 5.74) is 1.16. The number of hydrogen-bond donors (Lipinski definition) is 2. The molecule has 5 nitrogen and oxygen atoms in total. The van der Waals surface area contributed by atoms with E-state index in [1.165, 1.54) is 12.3 Å². The molecule has 0 aliphatic rings. The lowest BCUT2D eigenvalue weighted by Crippen LogP contribution is -2.17. The summed E-state index contributed by atoms with van der Waals surface area (Å²) in [5.74, 6) is 0.171. The highest BCUT2D eigenvalue weighted by atomic mass is 16.3. The fraction of sp³-hybridized carbons (Fsp3) is 0.0667. The van der Waals surface area contributed by atoms with Crippen LogP contribution in [0.5, 0.6) is 0 Å². The van der Waals surface area contributed by atoms with Gasteiger partial charge in [-0.15, -0.1) is 0 Å². The second-order valence-corrected chi connectivity index (χ2v) is 3.99. The van der Waals surface area contributed by atoms with Gasteiger partial charge in [0, 0.05) is 24.4 Å². The van der Waals surface area contributed by atoms with Crippen molar-refractivity contribution in [2.75, 3.05) is 12.4 Å². The number of nitrogens with one attached hydrogen (secondary N) is 2. The van der Waals surface area contributed by atoms with Crippen LogP contribution in [0.1, 0.15) is 16.1 Å². The minimum atomic E-state index is -0.269. The number of carbonyl (C=O) groups is 2. The zero-order chi connectivity index (χ0) is 14.4. The molecule has 0 aliphatic heterocycles. The number of carbonyl (C=O) groups excluding carboxylic acids is 2. The molecule has 2 amide bonds. The molecule has 0 aliphatic carbocycles. The molecule has 0 spiro atoms. The van der Waals surface area contributed by atoms with Crippen LogP contribution in [-0.2, 0) is 4.79 Å². The smallest absolute Gasteiger partial charge is 0.251 e. The maximum Gasteiger partial charge on any atom is 0.251 e. The number of benzene rings is 1. The van der Waals surface area contributed by atoms with Crippen molar-refractivity contribution in [2.24, 2.45) is 0 Å². The molecule has 2 aromatic rings. The summed E-state index contributed by atoms with van der Waals surface area (Å²) in [6.45, 7) is 0. The van der Waals surface area contributed by atoms with E-state index in [9.17, 15) is 9.59 Å². The third-order valence-electron chi connectivity index (χ3n) is 2.58. The first-order chi connectivity index (χ1) is 9.69. The fourth-order valence-electron chi connectivity index (χ4n) is 1.58. The Morgan fingerprint density at radius 2 is 1.90 bits per heavy atom. The molecule has 1 aromatic heterocycles. The van der Waals surface area contributed by atoms with Crippen LogP contribution in [-0.4, -0.2) is 18.9 Å². The van der Waals surface area contributed by atoms with Crippen molar-refractivity contribution in [3.8, 4) is 0 Å². The fourth-order valence-corrected chi connectivity index (χ4v) is 1.58. The summed E-state index contributed by atoms with van der Waals surface area (Å²) in [6, 6.07) is 10.1. The highest BCUT2D eigenvalue weighted by molar-refractivity contribution is 6.02. The lowest BCUT2D eigenvalue weighted by atomic mass is 10.2. The summed E-state index contributed by atoms with van der Waals surface area (Å²) in [6.07, 6.45) is 4.49. The Morgan fingerprint density at radius 3 is 2.50 bits per heavy atom. The lowest BCUT2D eigenvalue weighted by molar-refractivity contribution is -0.111. The van der Waals surface area contributed by atoms with Gasteiger partial charge in [0.25, 0.3) is 5.91 Å². The van der Waals surface area contributed by atoms with E-state index in [0.717, 1.165) is 0 Å². The number of hydrogen-bond acceptors (Lipinski definition) is 3. The molecular weight excluding hydrogens is 256 g/mol. The predicted octanol–water partition coefficient (Wildman–Crippen LogP) is 2.29. The van der Waals surface area contributed by atoms with Crippen LogP contribution in [0.15, 0.2) is 53.2 Å². The van der Waals surface area contributed by atoms with E-state index in [2.05, 4.69) is 10.6 Å². The van der Waals surface area contributed by atoms with Gasteiger partial charge in [-0.25, -0.2) is 0 Å². The Bertz CT molecular complexity index is 613. The van der Waals surface area contributed by atoms with Crippen molar-refractivity contribution < 1.29 is 14.0 Å². The number of furan rings is 1. The van der Waals surface area contributed by atoms with Crippen LogP contribution in [0.4, 0.5) is 5.69 Å². The molecule has 0 atom stereocenters. The van der Waals surface area contributed by atoms with Crippen molar-refractivity contribution in [1.29, 1.82) is 0 Å². The second kappa shape index (κ2) is 6.38. The average molecular weight is 270 g/mol. The maximum absolute atomic E-state index is 11.7. The summed E-state index contributed by atoms with van der Waals surface area (Å²) in [7, 11) is 1.57. The first-order valence-corrected chi connectivity index (χ1v) is 6.04. The maximum atomic E-state index is 11.7. The van der Waals surface area contributed by atoms with Gasteiger partial charge < -0.3 is 15.1 Å². The molecule has 2 N–H and O–H groups in total. The minimum absolute atomic E-state index is 0.166. The monoisotopic (exact) mass is 270 g/mol. The summed E-state index contributed by atoms with van der Waals surface area (Å²) in [4.78, 5) is 23.0. The summed E-state index contributed by atoms with van der Waals surface area (Å²) < 4.78 is 5.08. The first kappa shape index (κ1) is 13.6. The average Bonchev–Trinajstić information content (AvgIpc) is 2.98. The van der Waals surface area contributed by atoms with Gasteiger partial charge in [-0.1, -0.05) is 0 Å². The molecule has 0 fully saturated rings. The molecule has 0 bridgehead atoms. The third-order valence-corrected chi connectivity index (χ3v) is 2.58. The molecule has 20 heavy (non-hydrogen) atoms. The van der Waals surface area contributed by atoms with Crippen LogP contribution in [0.25, 0.3) is 6.08 Å². The van der Waals surface area contributed by atoms with Gasteiger partial charge in [0.15, 0.2) is 0 Å². The van der Waals surface area contributed by atoms with Gasteiger partial charge in [0.05, 0.1) is 6.26 Å². The van der Waals surface area contributed by atoms with E-state index in [4.69, 9.17) is 4.42 Å². The first-order valence-electron chi connectivity index (χ1n) is 6.04. The standard InChI is InChI=1S/C15H14N2O3/c1-16-15(19)11-4-6-12(7-5-11)17-14(18)9-8-13-3-2-10-20-13/h2-10H,1H3,(H,16,19)(H,17,18)/b9-8+. The van der Waals surface area contributed by atoms with Crippen LogP contribution in [0, 0.1) is 0 Å². The van der Waals surface area contributed by atoms with Crippen LogP contribution in [0.2, 0.25) is 0 Å². The Hall–Kier alpha value is -2.82. The van der Waals surface area contributed by atoms with E-state index >= 15 is 0 Å². The molecule has 1 heterocycles. The Balaban J connectivity index is 1.96. The van der Waals surface area contributed by atoms with Gasteiger partial charge in [0.2, 0.25) is 5.91 Å².